The van der Waals surface area contributed by atoms with Gasteiger partial charge in [-0.25, -0.2) is 4.79 Å². The Kier molecular flexibility index (Phi) is 5.91. The molecule has 2 aromatic carbocycles. The van der Waals surface area contributed by atoms with E-state index in [0.717, 1.165) is 0 Å². The Morgan fingerprint density at radius 1 is 0.962 bits per heavy atom. The number of carbonyl (C=O) groups excluding carboxylic acids is 1. The Labute approximate surface area is 156 Å². The maximum Gasteiger partial charge on any atom is 0.350 e. The summed E-state index contributed by atoms with van der Waals surface area (Å²) in [5.41, 5.74) is -1.57. The molecule has 0 heterocycles. The monoisotopic (exact) mass is 382 g/mol. The Balaban J connectivity index is 2.17. The molecule has 0 aliphatic rings. The van der Waals surface area contributed by atoms with Crippen LogP contribution >= 0.6 is 11.6 Å². The van der Waals surface area contributed by atoms with Gasteiger partial charge in [-0.2, -0.15) is 8.78 Å². The summed E-state index contributed by atoms with van der Waals surface area (Å²) in [7, 11) is 0. The smallest absolute Gasteiger partial charge is 0.350 e. The van der Waals surface area contributed by atoms with Gasteiger partial charge in [0.15, 0.2) is 5.60 Å². The fourth-order valence-electron chi connectivity index (χ4n) is 2.25. The third-order valence-corrected chi connectivity index (χ3v) is 3.88. The molecule has 6 heteroatoms. The highest BCUT2D eigenvalue weighted by molar-refractivity contribution is 6.30. The lowest BCUT2D eigenvalue weighted by molar-refractivity contribution is -0.163. The molecule has 0 aromatic heterocycles. The van der Waals surface area contributed by atoms with E-state index in [4.69, 9.17) is 21.1 Å². The van der Waals surface area contributed by atoms with E-state index in [1.807, 2.05) is 0 Å². The quantitative estimate of drug-likeness (QED) is 0.611. The average molecular weight is 383 g/mol. The van der Waals surface area contributed by atoms with E-state index >= 15 is 0 Å². The largest absolute Gasteiger partial charge is 0.476 e. The molecule has 0 saturated carbocycles. The Morgan fingerprint density at radius 3 is 1.88 bits per heavy atom. The molecule has 0 aliphatic heterocycles. The van der Waals surface area contributed by atoms with Gasteiger partial charge in [0.25, 0.3) is 5.92 Å². The molecule has 0 radical (unpaired) electrons. The van der Waals surface area contributed by atoms with Crippen LogP contribution in [0.2, 0.25) is 5.02 Å². The van der Waals surface area contributed by atoms with Crippen LogP contribution < -0.4 is 4.74 Å². The highest BCUT2D eigenvalue weighted by Crippen LogP contribution is 2.37. The third kappa shape index (κ3) is 4.73. The molecule has 0 unspecified atom stereocenters. The number of alkyl halides is 2. The van der Waals surface area contributed by atoms with Crippen molar-refractivity contribution >= 4 is 17.6 Å². The van der Waals surface area contributed by atoms with Crippen molar-refractivity contribution in [3.05, 3.63) is 64.7 Å². The van der Waals surface area contributed by atoms with Crippen molar-refractivity contribution < 1.29 is 23.0 Å². The van der Waals surface area contributed by atoms with Gasteiger partial charge >= 0.3 is 5.97 Å². The molecule has 0 bridgehead atoms. The maximum atomic E-state index is 14.6. The predicted molar refractivity (Wildman–Crippen MR) is 96.8 cm³/mol. The SMILES string of the molecule is CC(C)OC(=O)C(C)(C)Oc1ccc(C(F)(F)c2ccc(Cl)cc2)cc1. The highest BCUT2D eigenvalue weighted by atomic mass is 35.5. The second-order valence-electron chi connectivity index (χ2n) is 6.67. The minimum absolute atomic E-state index is 0.156. The molecule has 0 aliphatic carbocycles. The zero-order valence-electron chi connectivity index (χ0n) is 15.1. The van der Waals surface area contributed by atoms with Crippen molar-refractivity contribution in [2.75, 3.05) is 0 Å². The van der Waals surface area contributed by atoms with Crippen molar-refractivity contribution in [1.29, 1.82) is 0 Å². The molecule has 0 saturated heterocycles. The van der Waals surface area contributed by atoms with Crippen LogP contribution in [0.25, 0.3) is 0 Å². The Bertz CT molecular complexity index is 754. The third-order valence-electron chi connectivity index (χ3n) is 3.63. The topological polar surface area (TPSA) is 35.5 Å². The van der Waals surface area contributed by atoms with Crippen LogP contribution in [0.5, 0.6) is 5.75 Å². The molecule has 0 amide bonds. The van der Waals surface area contributed by atoms with Gasteiger partial charge in [0.05, 0.1) is 6.10 Å². The number of benzene rings is 2. The van der Waals surface area contributed by atoms with Crippen molar-refractivity contribution in [3.8, 4) is 5.75 Å². The van der Waals surface area contributed by atoms with Gasteiger partial charge in [-0.1, -0.05) is 23.7 Å². The van der Waals surface area contributed by atoms with Crippen molar-refractivity contribution in [2.24, 2.45) is 0 Å². The normalized spacial score (nSPS) is 12.2. The molecule has 2 aromatic rings. The molecular formula is C20H21ClF2O3. The summed E-state index contributed by atoms with van der Waals surface area (Å²) in [4.78, 5) is 12.0. The summed E-state index contributed by atoms with van der Waals surface area (Å²) >= 11 is 5.75. The summed E-state index contributed by atoms with van der Waals surface area (Å²) in [6.45, 7) is 6.60. The van der Waals surface area contributed by atoms with E-state index in [0.29, 0.717) is 10.8 Å². The molecule has 0 N–H and O–H groups in total. The minimum Gasteiger partial charge on any atom is -0.476 e. The first-order valence-corrected chi connectivity index (χ1v) is 8.54. The molecule has 0 fully saturated rings. The van der Waals surface area contributed by atoms with Crippen molar-refractivity contribution in [2.45, 2.75) is 45.3 Å². The molecular weight excluding hydrogens is 362 g/mol. The van der Waals surface area contributed by atoms with Gasteiger partial charge in [-0.3, -0.25) is 0 Å². The van der Waals surface area contributed by atoms with E-state index < -0.39 is 17.5 Å². The number of halogens is 3. The highest BCUT2D eigenvalue weighted by Gasteiger charge is 2.35. The number of ether oxygens (including phenoxy) is 2. The standard InChI is InChI=1S/C20H21ClF2O3/c1-13(2)25-18(24)19(3,4)26-17-11-7-15(8-12-17)20(22,23)14-5-9-16(21)10-6-14/h5-13H,1-4H3. The summed E-state index contributed by atoms with van der Waals surface area (Å²) in [5, 5.41) is 0.392. The number of hydrogen-bond donors (Lipinski definition) is 0. The lowest BCUT2D eigenvalue weighted by Gasteiger charge is -2.26. The molecule has 140 valence electrons. The second-order valence-corrected chi connectivity index (χ2v) is 7.11. The van der Waals surface area contributed by atoms with E-state index in [2.05, 4.69) is 0 Å². The first-order valence-electron chi connectivity index (χ1n) is 8.17. The van der Waals surface area contributed by atoms with Gasteiger partial charge in [-0.15, -0.1) is 0 Å². The fraction of sp³-hybridized carbons (Fsp3) is 0.350. The predicted octanol–water partition coefficient (Wildman–Crippen LogP) is 5.59. The number of esters is 1. The van der Waals surface area contributed by atoms with Gasteiger partial charge in [-0.05, 0) is 64.1 Å². The van der Waals surface area contributed by atoms with Gasteiger partial charge in [0, 0.05) is 16.1 Å². The summed E-state index contributed by atoms with van der Waals surface area (Å²) in [5.74, 6) is -3.40. The summed E-state index contributed by atoms with van der Waals surface area (Å²) in [6, 6.07) is 10.8. The molecule has 0 atom stereocenters. The molecule has 3 nitrogen and oxygen atoms in total. The fourth-order valence-corrected chi connectivity index (χ4v) is 2.38. The van der Waals surface area contributed by atoms with E-state index in [-0.39, 0.29) is 17.2 Å². The van der Waals surface area contributed by atoms with Crippen LogP contribution in [0.15, 0.2) is 48.5 Å². The van der Waals surface area contributed by atoms with Gasteiger partial charge in [0.2, 0.25) is 0 Å². The first-order chi connectivity index (χ1) is 12.0. The van der Waals surface area contributed by atoms with Crippen molar-refractivity contribution in [1.82, 2.24) is 0 Å². The van der Waals surface area contributed by atoms with Crippen LogP contribution in [-0.4, -0.2) is 17.7 Å². The minimum atomic E-state index is -3.17. The molecule has 2 rings (SSSR count). The Hall–Kier alpha value is -2.14. The summed E-state index contributed by atoms with van der Waals surface area (Å²) < 4.78 is 40.0. The van der Waals surface area contributed by atoms with E-state index in [1.165, 1.54) is 48.5 Å². The second kappa shape index (κ2) is 7.62. The van der Waals surface area contributed by atoms with E-state index in [9.17, 15) is 13.6 Å². The lowest BCUT2D eigenvalue weighted by atomic mass is 10.0. The lowest BCUT2D eigenvalue weighted by Crippen LogP contribution is -2.40. The van der Waals surface area contributed by atoms with Crippen LogP contribution in [0.4, 0.5) is 8.78 Å². The zero-order valence-corrected chi connectivity index (χ0v) is 15.8. The van der Waals surface area contributed by atoms with Crippen LogP contribution in [0.1, 0.15) is 38.8 Å². The van der Waals surface area contributed by atoms with Gasteiger partial charge in [0.1, 0.15) is 5.75 Å². The molecule has 0 spiro atoms. The van der Waals surface area contributed by atoms with Gasteiger partial charge < -0.3 is 9.47 Å². The van der Waals surface area contributed by atoms with Crippen molar-refractivity contribution in [3.63, 3.8) is 0 Å². The first kappa shape index (κ1) is 20.2. The van der Waals surface area contributed by atoms with Crippen LogP contribution in [-0.2, 0) is 15.5 Å². The number of carbonyl (C=O) groups is 1. The van der Waals surface area contributed by atoms with Crippen LogP contribution in [0, 0.1) is 0 Å². The number of hydrogen-bond acceptors (Lipinski definition) is 3. The average Bonchev–Trinajstić information content (AvgIpc) is 2.54. The Morgan fingerprint density at radius 2 is 1.42 bits per heavy atom. The molecule has 26 heavy (non-hydrogen) atoms. The summed E-state index contributed by atoms with van der Waals surface area (Å²) in [6.07, 6.45) is -0.272. The maximum absolute atomic E-state index is 14.6. The van der Waals surface area contributed by atoms with E-state index in [1.54, 1.807) is 27.7 Å². The van der Waals surface area contributed by atoms with Crippen LogP contribution in [0.3, 0.4) is 0 Å². The number of rotatable bonds is 6. The zero-order chi connectivity index (χ0) is 19.5.